The molecule has 0 bridgehead atoms. The highest BCUT2D eigenvalue weighted by atomic mass is 32.2. The summed E-state index contributed by atoms with van der Waals surface area (Å²) in [5, 5.41) is 5.86. The summed E-state index contributed by atoms with van der Waals surface area (Å²) in [4.78, 5) is 13.3. The van der Waals surface area contributed by atoms with Crippen LogP contribution in [0.5, 0.6) is 0 Å². The fraction of sp³-hybridized carbons (Fsp3) is 0.833. The molecule has 0 aromatic heterocycles. The Kier molecular flexibility index (Phi) is 4.41. The van der Waals surface area contributed by atoms with Crippen LogP contribution in [0.4, 0.5) is 4.79 Å². The first-order valence-electron chi connectivity index (χ1n) is 7.55. The van der Waals surface area contributed by atoms with Gasteiger partial charge in [-0.2, -0.15) is 0 Å². The van der Waals surface area contributed by atoms with Gasteiger partial charge in [0.05, 0.1) is 53.8 Å². The minimum atomic E-state index is -3.37. The number of fused-ring (bicyclic) bond motifs is 1. The highest BCUT2D eigenvalue weighted by Gasteiger charge is 2.53. The molecule has 3 aliphatic heterocycles. The van der Waals surface area contributed by atoms with Crippen molar-refractivity contribution in [2.45, 2.75) is 31.1 Å². The van der Waals surface area contributed by atoms with E-state index in [2.05, 4.69) is 10.6 Å². The Labute approximate surface area is 145 Å². The van der Waals surface area contributed by atoms with Crippen LogP contribution < -0.4 is 10.6 Å². The highest BCUT2D eigenvalue weighted by Crippen LogP contribution is 2.30. The van der Waals surface area contributed by atoms with Crippen LogP contribution in [-0.4, -0.2) is 86.7 Å². The number of nitrogens with one attached hydrogen (secondary N) is 2. The molecule has 3 rings (SSSR count). The fourth-order valence-electron chi connectivity index (χ4n) is 3.59. The number of carbonyl (C=O) groups excluding carboxylic acids is 1. The summed E-state index contributed by atoms with van der Waals surface area (Å²) in [6.07, 6.45) is -0.696. The predicted octanol–water partition coefficient (Wildman–Crippen LogP) is -1.75. The molecule has 1 amide bonds. The number of thiocarbonyl (C=S) groups is 1. The Hall–Kier alpha value is -1.14. The molecular formula is C12H19N3O6S3. The van der Waals surface area contributed by atoms with Crippen molar-refractivity contribution in [1.29, 1.82) is 0 Å². The van der Waals surface area contributed by atoms with Crippen LogP contribution >= 0.6 is 12.2 Å². The zero-order valence-electron chi connectivity index (χ0n) is 13.0. The minimum absolute atomic E-state index is 0.0241. The van der Waals surface area contributed by atoms with Gasteiger partial charge in [0, 0.05) is 0 Å². The molecule has 9 nitrogen and oxygen atoms in total. The molecule has 3 saturated heterocycles. The van der Waals surface area contributed by atoms with Crippen LogP contribution in [-0.2, 0) is 24.4 Å². The van der Waals surface area contributed by atoms with Crippen molar-refractivity contribution < 1.29 is 26.4 Å². The quantitative estimate of drug-likeness (QED) is 0.534. The van der Waals surface area contributed by atoms with Gasteiger partial charge in [-0.25, -0.2) is 21.6 Å². The lowest BCUT2D eigenvalue weighted by molar-refractivity contribution is 0.143. The first-order chi connectivity index (χ1) is 11.1. The lowest BCUT2D eigenvalue weighted by atomic mass is 10.1. The van der Waals surface area contributed by atoms with E-state index in [4.69, 9.17) is 17.0 Å². The maximum absolute atomic E-state index is 12.1. The summed E-state index contributed by atoms with van der Waals surface area (Å²) >= 11 is 5.28. The molecule has 4 atom stereocenters. The number of amides is 1. The number of hydrogen-bond acceptors (Lipinski definition) is 7. The van der Waals surface area contributed by atoms with E-state index in [0.717, 1.165) is 0 Å². The first kappa shape index (κ1) is 17.7. The largest absolute Gasteiger partial charge is 0.450 e. The van der Waals surface area contributed by atoms with Crippen molar-refractivity contribution in [3.05, 3.63) is 0 Å². The summed E-state index contributed by atoms with van der Waals surface area (Å²) < 4.78 is 52.7. The number of alkyl carbamates (subject to hydrolysis) is 1. The molecule has 3 aliphatic rings. The second kappa shape index (κ2) is 5.99. The standard InChI is InChI=1S/C12H19N3O6S3/c1-2-21-12(16)14-8-4-24(19,20)6-10(8)15-9-5-23(17,18)3-7(9)13-11(15)22/h7-10H,2-6H2,1H3,(H,13,22)(H,14,16). The average molecular weight is 398 g/mol. The Bertz CT molecular complexity index is 765. The van der Waals surface area contributed by atoms with Crippen molar-refractivity contribution in [3.63, 3.8) is 0 Å². The van der Waals surface area contributed by atoms with Crippen LogP contribution in [0, 0.1) is 0 Å². The number of ether oxygens (including phenoxy) is 1. The van der Waals surface area contributed by atoms with E-state index in [1.165, 1.54) is 0 Å². The van der Waals surface area contributed by atoms with Gasteiger partial charge in [-0.1, -0.05) is 0 Å². The Balaban J connectivity index is 1.85. The molecule has 2 N–H and O–H groups in total. The highest BCUT2D eigenvalue weighted by molar-refractivity contribution is 7.92. The second-order valence-electron chi connectivity index (χ2n) is 6.22. The second-order valence-corrected chi connectivity index (χ2v) is 10.9. The molecular weight excluding hydrogens is 378 g/mol. The summed E-state index contributed by atoms with van der Waals surface area (Å²) in [5.74, 6) is -0.508. The third kappa shape index (κ3) is 3.31. The molecule has 4 unspecified atom stereocenters. The monoisotopic (exact) mass is 397 g/mol. The number of hydrogen-bond donors (Lipinski definition) is 2. The van der Waals surface area contributed by atoms with E-state index in [9.17, 15) is 21.6 Å². The molecule has 24 heavy (non-hydrogen) atoms. The fourth-order valence-corrected chi connectivity index (χ4v) is 7.81. The molecule has 3 fully saturated rings. The van der Waals surface area contributed by atoms with Gasteiger partial charge >= 0.3 is 6.09 Å². The van der Waals surface area contributed by atoms with E-state index < -0.39 is 43.9 Å². The number of sulfone groups is 2. The van der Waals surface area contributed by atoms with Gasteiger partial charge in [-0.05, 0) is 19.1 Å². The van der Waals surface area contributed by atoms with E-state index in [0.29, 0.717) is 5.11 Å². The van der Waals surface area contributed by atoms with Crippen LogP contribution in [0.15, 0.2) is 0 Å². The van der Waals surface area contributed by atoms with Crippen molar-refractivity contribution in [1.82, 2.24) is 15.5 Å². The van der Waals surface area contributed by atoms with Gasteiger partial charge in [0.2, 0.25) is 0 Å². The van der Waals surface area contributed by atoms with E-state index >= 15 is 0 Å². The minimum Gasteiger partial charge on any atom is -0.450 e. The molecule has 12 heteroatoms. The zero-order chi connectivity index (χ0) is 17.7. The lowest BCUT2D eigenvalue weighted by Gasteiger charge is -2.33. The van der Waals surface area contributed by atoms with Crippen molar-refractivity contribution in [3.8, 4) is 0 Å². The maximum Gasteiger partial charge on any atom is 0.407 e. The Morgan fingerprint density at radius 3 is 2.50 bits per heavy atom. The van der Waals surface area contributed by atoms with Crippen LogP contribution in [0.25, 0.3) is 0 Å². The molecule has 0 aromatic rings. The zero-order valence-corrected chi connectivity index (χ0v) is 15.4. The predicted molar refractivity (Wildman–Crippen MR) is 90.2 cm³/mol. The van der Waals surface area contributed by atoms with Gasteiger partial charge in [0.25, 0.3) is 0 Å². The van der Waals surface area contributed by atoms with Gasteiger partial charge < -0.3 is 20.3 Å². The third-order valence-electron chi connectivity index (χ3n) is 4.48. The van der Waals surface area contributed by atoms with Crippen molar-refractivity contribution >= 4 is 43.1 Å². The van der Waals surface area contributed by atoms with E-state index in [-0.39, 0.29) is 35.7 Å². The molecule has 3 heterocycles. The van der Waals surface area contributed by atoms with Crippen molar-refractivity contribution in [2.24, 2.45) is 0 Å². The molecule has 136 valence electrons. The molecule has 0 saturated carbocycles. The lowest BCUT2D eigenvalue weighted by Crippen LogP contribution is -2.55. The van der Waals surface area contributed by atoms with E-state index in [1.54, 1.807) is 11.8 Å². The van der Waals surface area contributed by atoms with Gasteiger partial charge in [0.15, 0.2) is 24.8 Å². The smallest absolute Gasteiger partial charge is 0.407 e. The molecule has 0 radical (unpaired) electrons. The number of rotatable bonds is 3. The SMILES string of the molecule is CCOC(=O)NC1CS(=O)(=O)CC1N1C(=S)NC2CS(=O)(=O)CC21. The third-order valence-corrected chi connectivity index (χ3v) is 8.24. The summed E-state index contributed by atoms with van der Waals surface area (Å²) in [6.45, 7) is 1.82. The topological polar surface area (TPSA) is 122 Å². The van der Waals surface area contributed by atoms with Crippen molar-refractivity contribution in [2.75, 3.05) is 29.6 Å². The Morgan fingerprint density at radius 1 is 1.21 bits per heavy atom. The maximum atomic E-state index is 12.1. The Morgan fingerprint density at radius 2 is 1.83 bits per heavy atom. The first-order valence-corrected chi connectivity index (χ1v) is 11.6. The number of carbonyl (C=O) groups is 1. The van der Waals surface area contributed by atoms with Crippen LogP contribution in [0.1, 0.15) is 6.92 Å². The van der Waals surface area contributed by atoms with Gasteiger partial charge in [-0.15, -0.1) is 0 Å². The normalized spacial score (nSPS) is 36.2. The van der Waals surface area contributed by atoms with Gasteiger partial charge in [0.1, 0.15) is 0 Å². The van der Waals surface area contributed by atoms with Gasteiger partial charge in [-0.3, -0.25) is 0 Å². The number of nitrogens with zero attached hydrogens (tertiary/aromatic N) is 1. The molecule has 0 spiro atoms. The summed E-state index contributed by atoms with van der Waals surface area (Å²) in [6, 6.07) is -2.06. The summed E-state index contributed by atoms with van der Waals surface area (Å²) in [7, 11) is -6.57. The average Bonchev–Trinajstić information content (AvgIpc) is 2.96. The molecule has 0 aliphatic carbocycles. The van der Waals surface area contributed by atoms with Crippen LogP contribution in [0.2, 0.25) is 0 Å². The van der Waals surface area contributed by atoms with E-state index in [1.807, 2.05) is 0 Å². The molecule has 0 aromatic carbocycles. The summed E-state index contributed by atoms with van der Waals surface area (Å²) in [5.41, 5.74) is 0. The van der Waals surface area contributed by atoms with Crippen LogP contribution in [0.3, 0.4) is 0 Å².